The van der Waals surface area contributed by atoms with Crippen LogP contribution in [-0.4, -0.2) is 65.4 Å². The summed E-state index contributed by atoms with van der Waals surface area (Å²) in [6.07, 6.45) is 2.38. The minimum absolute atomic E-state index is 0.0111. The van der Waals surface area contributed by atoms with Gasteiger partial charge in [0.05, 0.1) is 24.8 Å². The molecule has 0 spiro atoms. The van der Waals surface area contributed by atoms with Gasteiger partial charge in [0, 0.05) is 6.54 Å². The van der Waals surface area contributed by atoms with Gasteiger partial charge < -0.3 is 36.1 Å². The molecule has 1 fully saturated rings. The van der Waals surface area contributed by atoms with Crippen LogP contribution in [-0.2, 0) is 9.47 Å². The molecule has 1 unspecified atom stereocenters. The van der Waals surface area contributed by atoms with Gasteiger partial charge in [-0.3, -0.25) is 0 Å². The fraction of sp³-hybridized carbons (Fsp3) is 0.905. The Balaban J connectivity index is 3.07. The largest absolute Gasteiger partial charge is 0.450 e. The van der Waals surface area contributed by atoms with Gasteiger partial charge in [0.2, 0.25) is 0 Å². The summed E-state index contributed by atoms with van der Waals surface area (Å²) in [5.74, 6) is 0.0111. The SMILES string of the molecule is CCCCOC(=O)NC(C1CCCCC1)[C@H](NC(=O)OC(C)(C)C)[C@@H](O)[C@@H](O)CN. The zero-order chi connectivity index (χ0) is 22.7. The lowest BCUT2D eigenvalue weighted by Gasteiger charge is -2.39. The highest BCUT2D eigenvalue weighted by Crippen LogP contribution is 2.29. The predicted octanol–water partition coefficient (Wildman–Crippen LogP) is 2.04. The maximum atomic E-state index is 12.5. The third-order valence-corrected chi connectivity index (χ3v) is 5.25. The molecule has 30 heavy (non-hydrogen) atoms. The van der Waals surface area contributed by atoms with Crippen molar-refractivity contribution in [3.8, 4) is 0 Å². The second kappa shape index (κ2) is 13.0. The zero-order valence-electron chi connectivity index (χ0n) is 18.9. The fourth-order valence-electron chi connectivity index (χ4n) is 3.69. The van der Waals surface area contributed by atoms with E-state index in [1.807, 2.05) is 6.92 Å². The summed E-state index contributed by atoms with van der Waals surface area (Å²) in [7, 11) is 0. The summed E-state index contributed by atoms with van der Waals surface area (Å²) < 4.78 is 10.6. The van der Waals surface area contributed by atoms with E-state index in [-0.39, 0.29) is 19.1 Å². The molecule has 6 N–H and O–H groups in total. The van der Waals surface area contributed by atoms with E-state index >= 15 is 0 Å². The molecule has 0 saturated heterocycles. The first-order valence-corrected chi connectivity index (χ1v) is 11.1. The molecule has 9 nitrogen and oxygen atoms in total. The minimum Gasteiger partial charge on any atom is -0.450 e. The van der Waals surface area contributed by atoms with Crippen molar-refractivity contribution in [1.82, 2.24) is 10.6 Å². The highest BCUT2D eigenvalue weighted by atomic mass is 16.6. The second-order valence-electron chi connectivity index (χ2n) is 9.02. The van der Waals surface area contributed by atoms with Crippen LogP contribution in [0.4, 0.5) is 9.59 Å². The number of nitrogens with one attached hydrogen (secondary N) is 2. The molecule has 0 heterocycles. The van der Waals surface area contributed by atoms with E-state index in [4.69, 9.17) is 15.2 Å². The van der Waals surface area contributed by atoms with Crippen molar-refractivity contribution in [3.63, 3.8) is 0 Å². The fourth-order valence-corrected chi connectivity index (χ4v) is 3.69. The highest BCUT2D eigenvalue weighted by molar-refractivity contribution is 5.70. The molecule has 1 aliphatic rings. The molecule has 0 radical (unpaired) electrons. The Morgan fingerprint density at radius 1 is 1.10 bits per heavy atom. The van der Waals surface area contributed by atoms with E-state index in [1.165, 1.54) is 0 Å². The van der Waals surface area contributed by atoms with Crippen LogP contribution in [0.2, 0.25) is 0 Å². The molecule has 9 heteroatoms. The summed E-state index contributed by atoms with van der Waals surface area (Å²) in [6, 6.07) is -1.62. The van der Waals surface area contributed by atoms with Crippen molar-refractivity contribution in [1.29, 1.82) is 0 Å². The quantitative estimate of drug-likeness (QED) is 0.333. The van der Waals surface area contributed by atoms with Crippen LogP contribution < -0.4 is 16.4 Å². The molecular formula is C21H41N3O6. The zero-order valence-corrected chi connectivity index (χ0v) is 18.9. The molecule has 0 bridgehead atoms. The number of rotatable bonds is 10. The maximum Gasteiger partial charge on any atom is 0.408 e. The molecular weight excluding hydrogens is 390 g/mol. The second-order valence-corrected chi connectivity index (χ2v) is 9.02. The van der Waals surface area contributed by atoms with Gasteiger partial charge >= 0.3 is 12.2 Å². The molecule has 176 valence electrons. The molecule has 1 saturated carbocycles. The summed E-state index contributed by atoms with van der Waals surface area (Å²) >= 11 is 0. The highest BCUT2D eigenvalue weighted by Gasteiger charge is 2.40. The number of carbonyl (C=O) groups is 2. The van der Waals surface area contributed by atoms with Gasteiger partial charge in [-0.1, -0.05) is 32.6 Å². The van der Waals surface area contributed by atoms with Crippen LogP contribution in [0.5, 0.6) is 0 Å². The van der Waals surface area contributed by atoms with E-state index in [1.54, 1.807) is 20.8 Å². The number of hydrogen-bond donors (Lipinski definition) is 5. The van der Waals surface area contributed by atoms with Gasteiger partial charge in [-0.15, -0.1) is 0 Å². The van der Waals surface area contributed by atoms with Crippen molar-refractivity contribution < 1.29 is 29.3 Å². The number of nitrogens with two attached hydrogens (primary N) is 1. The van der Waals surface area contributed by atoms with Gasteiger partial charge in [0.1, 0.15) is 11.7 Å². The van der Waals surface area contributed by atoms with Crippen LogP contribution in [0, 0.1) is 5.92 Å². The van der Waals surface area contributed by atoms with E-state index < -0.39 is 42.1 Å². The Bertz CT molecular complexity index is 519. The average molecular weight is 432 g/mol. The number of alkyl carbamates (subject to hydrolysis) is 2. The Morgan fingerprint density at radius 3 is 2.27 bits per heavy atom. The van der Waals surface area contributed by atoms with E-state index in [0.29, 0.717) is 0 Å². The third-order valence-electron chi connectivity index (χ3n) is 5.25. The molecule has 0 aromatic carbocycles. The summed E-state index contributed by atoms with van der Waals surface area (Å²) in [4.78, 5) is 24.9. The van der Waals surface area contributed by atoms with Crippen molar-refractivity contribution in [2.24, 2.45) is 11.7 Å². The van der Waals surface area contributed by atoms with Gasteiger partial charge in [0.15, 0.2) is 0 Å². The summed E-state index contributed by atoms with van der Waals surface area (Å²) in [5.41, 5.74) is 4.80. The van der Waals surface area contributed by atoms with Crippen molar-refractivity contribution in [3.05, 3.63) is 0 Å². The van der Waals surface area contributed by atoms with Crippen LogP contribution in [0.25, 0.3) is 0 Å². The van der Waals surface area contributed by atoms with Crippen LogP contribution in [0.15, 0.2) is 0 Å². The number of hydrogen-bond acceptors (Lipinski definition) is 7. The molecule has 1 aliphatic carbocycles. The van der Waals surface area contributed by atoms with Crippen LogP contribution in [0.3, 0.4) is 0 Å². The van der Waals surface area contributed by atoms with Gasteiger partial charge in [-0.2, -0.15) is 0 Å². The monoisotopic (exact) mass is 431 g/mol. The standard InChI is InChI=1S/C21H41N3O6/c1-5-6-12-29-19(27)23-16(14-10-8-7-9-11-14)17(18(26)15(25)13-22)24-20(28)30-21(2,3)4/h14-18,25-26H,5-13,22H2,1-4H3,(H,23,27)(H,24,28)/t15-,16?,17-,18-/m0/s1. The third kappa shape index (κ3) is 9.49. The molecule has 1 rings (SSSR count). The predicted molar refractivity (Wildman–Crippen MR) is 114 cm³/mol. The topological polar surface area (TPSA) is 143 Å². The molecule has 0 aliphatic heterocycles. The lowest BCUT2D eigenvalue weighted by molar-refractivity contribution is -0.0198. The number of amides is 2. The molecule has 4 atom stereocenters. The van der Waals surface area contributed by atoms with Crippen molar-refractivity contribution in [2.75, 3.05) is 13.2 Å². The van der Waals surface area contributed by atoms with Crippen LogP contribution >= 0.6 is 0 Å². The molecule has 2 amide bonds. The Kier molecular flexibility index (Phi) is 11.4. The van der Waals surface area contributed by atoms with Gasteiger partial charge in [-0.25, -0.2) is 9.59 Å². The number of carbonyl (C=O) groups excluding carboxylic acids is 2. The van der Waals surface area contributed by atoms with E-state index in [9.17, 15) is 19.8 Å². The Hall–Kier alpha value is -1.58. The molecule has 0 aromatic rings. The molecule has 0 aromatic heterocycles. The van der Waals surface area contributed by atoms with Gasteiger partial charge in [-0.05, 0) is 46.0 Å². The van der Waals surface area contributed by atoms with E-state index in [2.05, 4.69) is 10.6 Å². The first-order chi connectivity index (χ1) is 14.1. The lowest BCUT2D eigenvalue weighted by atomic mass is 9.79. The Morgan fingerprint density at radius 2 is 1.73 bits per heavy atom. The number of aliphatic hydroxyl groups excluding tert-OH is 2. The lowest BCUT2D eigenvalue weighted by Crippen LogP contribution is -2.63. The first-order valence-electron chi connectivity index (χ1n) is 11.1. The maximum absolute atomic E-state index is 12.5. The Labute approximate surface area is 180 Å². The van der Waals surface area contributed by atoms with Crippen molar-refractivity contribution in [2.45, 2.75) is 103 Å². The minimum atomic E-state index is -1.38. The van der Waals surface area contributed by atoms with Gasteiger partial charge in [0.25, 0.3) is 0 Å². The normalized spacial score (nSPS) is 19.3. The smallest absolute Gasteiger partial charge is 0.408 e. The number of unbranched alkanes of at least 4 members (excludes halogenated alkanes) is 1. The first kappa shape index (κ1) is 26.5. The summed E-state index contributed by atoms with van der Waals surface area (Å²) in [5, 5.41) is 26.4. The van der Waals surface area contributed by atoms with E-state index in [0.717, 1.165) is 44.9 Å². The summed E-state index contributed by atoms with van der Waals surface area (Å²) in [6.45, 7) is 7.29. The van der Waals surface area contributed by atoms with Crippen molar-refractivity contribution >= 4 is 12.2 Å². The number of ether oxygens (including phenoxy) is 2. The van der Waals surface area contributed by atoms with Crippen LogP contribution in [0.1, 0.15) is 72.6 Å². The average Bonchev–Trinajstić information content (AvgIpc) is 2.69. The number of aliphatic hydroxyl groups is 2.